The second-order valence-electron chi connectivity index (χ2n) is 3.55. The summed E-state index contributed by atoms with van der Waals surface area (Å²) in [7, 11) is 2.53. The minimum absolute atomic E-state index is 0.0232. The van der Waals surface area contributed by atoms with Crippen molar-refractivity contribution in [2.75, 3.05) is 26.1 Å². The Balaban J connectivity index is 2.67. The molecule has 0 saturated heterocycles. The molecule has 0 aliphatic rings. The van der Waals surface area contributed by atoms with Crippen molar-refractivity contribution in [1.29, 1.82) is 0 Å². The summed E-state index contributed by atoms with van der Waals surface area (Å²) in [5, 5.41) is 1.95. The zero-order valence-corrected chi connectivity index (χ0v) is 10.9. The molecule has 11 heteroatoms. The molecule has 0 unspecified atom stereocenters. The Kier molecular flexibility index (Phi) is 5.50. The van der Waals surface area contributed by atoms with E-state index in [1.54, 1.807) is 0 Å². The molecule has 0 spiro atoms. The fraction of sp³-hybridized carbons (Fsp3) is 0.500. The highest BCUT2D eigenvalue weighted by atomic mass is 19.3. The van der Waals surface area contributed by atoms with Crippen LogP contribution in [0.25, 0.3) is 0 Å². The van der Waals surface area contributed by atoms with Crippen molar-refractivity contribution in [2.24, 2.45) is 0 Å². The average molecular weight is 313 g/mol. The summed E-state index contributed by atoms with van der Waals surface area (Å²) in [4.78, 5) is 18.6. The number of hydrogen-bond donors (Lipinski definition) is 1. The molecule has 1 heterocycles. The maximum absolute atomic E-state index is 12.6. The number of amides is 1. The van der Waals surface area contributed by atoms with Crippen LogP contribution in [0.4, 0.5) is 28.2 Å². The van der Waals surface area contributed by atoms with Crippen molar-refractivity contribution in [3.63, 3.8) is 0 Å². The van der Waals surface area contributed by atoms with Gasteiger partial charge in [0, 0.05) is 6.07 Å². The molecule has 7 nitrogen and oxygen atoms in total. The van der Waals surface area contributed by atoms with Crippen molar-refractivity contribution in [3.8, 4) is 11.9 Å². The largest absolute Gasteiger partial charge is 0.481 e. The molecule has 0 saturated carbocycles. The van der Waals surface area contributed by atoms with Crippen LogP contribution in [0.5, 0.6) is 11.9 Å². The summed E-state index contributed by atoms with van der Waals surface area (Å²) in [6.07, 6.45) is -5.33. The van der Waals surface area contributed by atoms with E-state index >= 15 is 0 Å². The van der Waals surface area contributed by atoms with Crippen molar-refractivity contribution < 1.29 is 36.6 Å². The maximum Gasteiger partial charge on any atom is 0.413 e. The smallest absolute Gasteiger partial charge is 0.413 e. The lowest BCUT2D eigenvalue weighted by Gasteiger charge is -2.15. The third-order valence-corrected chi connectivity index (χ3v) is 2.02. The molecule has 21 heavy (non-hydrogen) atoms. The number of methoxy groups -OCH3 is 2. The number of hydrogen-bond acceptors (Lipinski definition) is 6. The number of carbonyl (C=O) groups excluding carboxylic acids is 1. The fourth-order valence-corrected chi connectivity index (χ4v) is 1.03. The molecule has 0 aliphatic carbocycles. The Hall–Kier alpha value is -2.33. The van der Waals surface area contributed by atoms with Gasteiger partial charge in [0.15, 0.2) is 6.61 Å². The lowest BCUT2D eigenvalue weighted by atomic mass is 10.4. The number of ether oxygens (including phenoxy) is 3. The summed E-state index contributed by atoms with van der Waals surface area (Å²) in [5.74, 6) is -4.59. The molecular weight excluding hydrogens is 302 g/mol. The number of carbonyl (C=O) groups is 1. The zero-order chi connectivity index (χ0) is 16.0. The molecule has 118 valence electrons. The number of aromatic nitrogens is 2. The van der Waals surface area contributed by atoms with Crippen molar-refractivity contribution >= 4 is 11.9 Å². The van der Waals surface area contributed by atoms with E-state index < -0.39 is 25.0 Å². The molecule has 1 rings (SSSR count). The molecule has 1 amide bonds. The Morgan fingerprint density at radius 1 is 1.33 bits per heavy atom. The quantitative estimate of drug-likeness (QED) is 0.808. The second kappa shape index (κ2) is 6.90. The van der Waals surface area contributed by atoms with Crippen LogP contribution in [-0.2, 0) is 4.74 Å². The van der Waals surface area contributed by atoms with Gasteiger partial charge < -0.3 is 14.2 Å². The molecule has 1 aromatic rings. The van der Waals surface area contributed by atoms with E-state index in [1.807, 2.05) is 5.32 Å². The number of anilines is 1. The highest BCUT2D eigenvalue weighted by Crippen LogP contribution is 2.23. The van der Waals surface area contributed by atoms with E-state index in [0.717, 1.165) is 6.07 Å². The highest BCUT2D eigenvalue weighted by molar-refractivity contribution is 5.83. The Bertz CT molecular complexity index is 479. The first-order valence-electron chi connectivity index (χ1n) is 5.35. The van der Waals surface area contributed by atoms with Gasteiger partial charge in [0.05, 0.1) is 14.2 Å². The van der Waals surface area contributed by atoms with Crippen LogP contribution in [0.2, 0.25) is 0 Å². The molecule has 0 aromatic carbocycles. The third kappa shape index (κ3) is 4.93. The van der Waals surface area contributed by atoms with Crippen LogP contribution in [0.15, 0.2) is 6.07 Å². The predicted octanol–water partition coefficient (Wildman–Crippen LogP) is 1.94. The standard InChI is InChI=1S/C10H11F4N3O4/c1-19-6-3-5(15-8(17-6)20-2)16-9(18)21-4-10(13,14)7(11)12/h3,7H,4H2,1-2H3,(H,15,16,17,18). The topological polar surface area (TPSA) is 82.6 Å². The number of alkyl halides is 4. The number of nitrogens with zero attached hydrogens (tertiary/aromatic N) is 2. The van der Waals surface area contributed by atoms with Crippen LogP contribution in [0.3, 0.4) is 0 Å². The molecule has 0 atom stereocenters. The number of rotatable bonds is 6. The van der Waals surface area contributed by atoms with Crippen LogP contribution in [-0.4, -0.2) is 49.2 Å². The molecule has 1 N–H and O–H groups in total. The van der Waals surface area contributed by atoms with Gasteiger partial charge in [-0.3, -0.25) is 5.32 Å². The maximum atomic E-state index is 12.6. The van der Waals surface area contributed by atoms with Crippen molar-refractivity contribution in [3.05, 3.63) is 6.07 Å². The van der Waals surface area contributed by atoms with E-state index in [1.165, 1.54) is 14.2 Å². The fourth-order valence-electron chi connectivity index (χ4n) is 1.03. The molecule has 0 bridgehead atoms. The summed E-state index contributed by atoms with van der Waals surface area (Å²) in [6, 6.07) is 0.984. The van der Waals surface area contributed by atoms with Crippen molar-refractivity contribution in [2.45, 2.75) is 12.3 Å². The van der Waals surface area contributed by atoms with E-state index in [-0.39, 0.29) is 17.7 Å². The minimum Gasteiger partial charge on any atom is -0.481 e. The molecular formula is C10H11F4N3O4. The highest BCUT2D eigenvalue weighted by Gasteiger charge is 2.42. The number of nitrogens with one attached hydrogen (secondary N) is 1. The second-order valence-corrected chi connectivity index (χ2v) is 3.55. The van der Waals surface area contributed by atoms with Crippen LogP contribution in [0, 0.1) is 0 Å². The Morgan fingerprint density at radius 3 is 2.52 bits per heavy atom. The van der Waals surface area contributed by atoms with E-state index in [9.17, 15) is 22.4 Å². The van der Waals surface area contributed by atoms with Gasteiger partial charge in [0.2, 0.25) is 5.88 Å². The lowest BCUT2D eigenvalue weighted by molar-refractivity contribution is -0.153. The third-order valence-electron chi connectivity index (χ3n) is 2.02. The Labute approximate surface area is 116 Å². The van der Waals surface area contributed by atoms with Crippen LogP contribution >= 0.6 is 0 Å². The SMILES string of the molecule is COc1cc(NC(=O)OCC(F)(F)C(F)F)nc(OC)n1. The minimum atomic E-state index is -4.43. The molecule has 0 radical (unpaired) electrons. The molecule has 0 aliphatic heterocycles. The summed E-state index contributed by atoms with van der Waals surface area (Å²) >= 11 is 0. The monoisotopic (exact) mass is 313 g/mol. The van der Waals surface area contributed by atoms with E-state index in [2.05, 4.69) is 14.7 Å². The van der Waals surface area contributed by atoms with Gasteiger partial charge >= 0.3 is 24.5 Å². The summed E-state index contributed by atoms with van der Waals surface area (Å²) < 4.78 is 62.4. The first kappa shape index (κ1) is 16.7. The van der Waals surface area contributed by atoms with Crippen LogP contribution in [0.1, 0.15) is 0 Å². The van der Waals surface area contributed by atoms with Gasteiger partial charge in [-0.05, 0) is 0 Å². The average Bonchev–Trinajstić information content (AvgIpc) is 2.44. The lowest BCUT2D eigenvalue weighted by Crippen LogP contribution is -2.34. The van der Waals surface area contributed by atoms with Crippen LogP contribution < -0.4 is 14.8 Å². The van der Waals surface area contributed by atoms with Gasteiger partial charge in [-0.25, -0.2) is 13.6 Å². The zero-order valence-electron chi connectivity index (χ0n) is 10.9. The normalized spacial score (nSPS) is 11.2. The van der Waals surface area contributed by atoms with Gasteiger partial charge in [-0.15, -0.1) is 0 Å². The summed E-state index contributed by atoms with van der Waals surface area (Å²) in [5.41, 5.74) is 0. The van der Waals surface area contributed by atoms with E-state index in [0.29, 0.717) is 0 Å². The predicted molar refractivity (Wildman–Crippen MR) is 61.1 cm³/mol. The van der Waals surface area contributed by atoms with Gasteiger partial charge in [0.1, 0.15) is 5.82 Å². The van der Waals surface area contributed by atoms with Gasteiger partial charge in [0.25, 0.3) is 0 Å². The van der Waals surface area contributed by atoms with Gasteiger partial charge in [-0.1, -0.05) is 0 Å². The van der Waals surface area contributed by atoms with E-state index in [4.69, 9.17) is 9.47 Å². The van der Waals surface area contributed by atoms with Crippen molar-refractivity contribution in [1.82, 2.24) is 9.97 Å². The Morgan fingerprint density at radius 2 is 2.00 bits per heavy atom. The first-order chi connectivity index (χ1) is 9.78. The summed E-state index contributed by atoms with van der Waals surface area (Å²) in [6.45, 7) is -1.77. The number of halogens is 4. The van der Waals surface area contributed by atoms with Gasteiger partial charge in [-0.2, -0.15) is 18.7 Å². The first-order valence-corrected chi connectivity index (χ1v) is 5.35. The molecule has 1 aromatic heterocycles. The molecule has 0 fully saturated rings.